The van der Waals surface area contributed by atoms with Crippen LogP contribution in [0.3, 0.4) is 0 Å². The standard InChI is InChI=1S/C21H33N3O2/c1-17(20-6-3-7-22-15-20)12-21(25)23-14-18-4-2-5-19(13-18)16-24-8-10-26-11-9-24/h2,4-5,13,17,20,22H,3,6-12,14-16H2,1H3,(H,23,25). The van der Waals surface area contributed by atoms with E-state index < -0.39 is 0 Å². The summed E-state index contributed by atoms with van der Waals surface area (Å²) in [5.74, 6) is 1.24. The van der Waals surface area contributed by atoms with Crippen LogP contribution in [-0.4, -0.2) is 50.2 Å². The molecule has 2 unspecified atom stereocenters. The minimum Gasteiger partial charge on any atom is -0.379 e. The molecule has 0 spiro atoms. The normalized spacial score (nSPS) is 22.7. The number of ether oxygens (including phenoxy) is 1. The molecular weight excluding hydrogens is 326 g/mol. The van der Waals surface area contributed by atoms with Crippen molar-refractivity contribution in [2.75, 3.05) is 39.4 Å². The predicted octanol–water partition coefficient (Wildman–Crippen LogP) is 2.16. The molecule has 2 aliphatic heterocycles. The van der Waals surface area contributed by atoms with Crippen molar-refractivity contribution in [3.63, 3.8) is 0 Å². The Morgan fingerprint density at radius 3 is 2.92 bits per heavy atom. The second-order valence-corrected chi connectivity index (χ2v) is 7.77. The van der Waals surface area contributed by atoms with Crippen molar-refractivity contribution in [1.29, 1.82) is 0 Å². The van der Waals surface area contributed by atoms with E-state index in [1.54, 1.807) is 0 Å². The van der Waals surface area contributed by atoms with E-state index in [4.69, 9.17) is 4.74 Å². The van der Waals surface area contributed by atoms with Crippen LogP contribution in [0.1, 0.15) is 37.3 Å². The van der Waals surface area contributed by atoms with E-state index in [9.17, 15) is 4.79 Å². The fraction of sp³-hybridized carbons (Fsp3) is 0.667. The predicted molar refractivity (Wildman–Crippen MR) is 104 cm³/mol. The third kappa shape index (κ3) is 6.08. The van der Waals surface area contributed by atoms with Crippen LogP contribution in [0.15, 0.2) is 24.3 Å². The van der Waals surface area contributed by atoms with Crippen molar-refractivity contribution in [2.45, 2.75) is 39.3 Å². The molecule has 2 fully saturated rings. The number of hydrogen-bond donors (Lipinski definition) is 2. The third-order valence-electron chi connectivity index (χ3n) is 5.64. The molecule has 5 heteroatoms. The number of carbonyl (C=O) groups excluding carboxylic acids is 1. The average Bonchev–Trinajstić information content (AvgIpc) is 2.68. The van der Waals surface area contributed by atoms with Gasteiger partial charge in [0.15, 0.2) is 0 Å². The summed E-state index contributed by atoms with van der Waals surface area (Å²) in [6.45, 7) is 9.59. The van der Waals surface area contributed by atoms with Gasteiger partial charge in [0.1, 0.15) is 0 Å². The molecule has 1 aromatic rings. The summed E-state index contributed by atoms with van der Waals surface area (Å²) in [7, 11) is 0. The Bertz CT molecular complexity index is 566. The molecule has 1 aromatic carbocycles. The molecule has 2 heterocycles. The van der Waals surface area contributed by atoms with Crippen LogP contribution >= 0.6 is 0 Å². The number of nitrogens with one attached hydrogen (secondary N) is 2. The summed E-state index contributed by atoms with van der Waals surface area (Å²) in [4.78, 5) is 14.7. The van der Waals surface area contributed by atoms with Gasteiger partial charge in [-0.2, -0.15) is 0 Å². The van der Waals surface area contributed by atoms with E-state index in [2.05, 4.69) is 46.7 Å². The van der Waals surface area contributed by atoms with Gasteiger partial charge in [0, 0.05) is 32.6 Å². The molecule has 2 atom stereocenters. The molecular formula is C21H33N3O2. The van der Waals surface area contributed by atoms with Crippen molar-refractivity contribution < 1.29 is 9.53 Å². The zero-order chi connectivity index (χ0) is 18.2. The van der Waals surface area contributed by atoms with Crippen molar-refractivity contribution in [2.24, 2.45) is 11.8 Å². The molecule has 0 radical (unpaired) electrons. The molecule has 3 rings (SSSR count). The molecule has 2 aliphatic rings. The molecule has 144 valence electrons. The van der Waals surface area contributed by atoms with Crippen LogP contribution in [0, 0.1) is 11.8 Å². The minimum atomic E-state index is 0.168. The number of carbonyl (C=O) groups is 1. The Morgan fingerprint density at radius 1 is 1.35 bits per heavy atom. The number of piperidine rings is 1. The summed E-state index contributed by atoms with van der Waals surface area (Å²) in [5.41, 5.74) is 2.48. The van der Waals surface area contributed by atoms with Gasteiger partial charge in [0.05, 0.1) is 13.2 Å². The van der Waals surface area contributed by atoms with E-state index >= 15 is 0 Å². The monoisotopic (exact) mass is 359 g/mol. The number of amides is 1. The summed E-state index contributed by atoms with van der Waals surface area (Å²) in [6.07, 6.45) is 3.09. The van der Waals surface area contributed by atoms with E-state index in [-0.39, 0.29) is 5.91 Å². The summed E-state index contributed by atoms with van der Waals surface area (Å²) < 4.78 is 5.41. The highest BCUT2D eigenvalue weighted by Gasteiger charge is 2.21. The van der Waals surface area contributed by atoms with Crippen LogP contribution in [0.25, 0.3) is 0 Å². The van der Waals surface area contributed by atoms with Gasteiger partial charge in [-0.05, 0) is 48.9 Å². The first kappa shape index (κ1) is 19.3. The molecule has 0 aliphatic carbocycles. The van der Waals surface area contributed by atoms with E-state index in [1.807, 2.05) is 0 Å². The Kier molecular flexibility index (Phi) is 7.47. The zero-order valence-corrected chi connectivity index (χ0v) is 16.0. The maximum atomic E-state index is 12.3. The number of benzene rings is 1. The fourth-order valence-corrected chi connectivity index (χ4v) is 3.95. The first-order valence-electron chi connectivity index (χ1n) is 10.1. The van der Waals surface area contributed by atoms with Crippen LogP contribution in [0.2, 0.25) is 0 Å². The first-order valence-corrected chi connectivity index (χ1v) is 10.1. The van der Waals surface area contributed by atoms with Crippen LogP contribution < -0.4 is 10.6 Å². The lowest BCUT2D eigenvalue weighted by atomic mass is 9.85. The van der Waals surface area contributed by atoms with Gasteiger partial charge < -0.3 is 15.4 Å². The largest absolute Gasteiger partial charge is 0.379 e. The van der Waals surface area contributed by atoms with E-state index in [0.29, 0.717) is 24.8 Å². The molecule has 5 nitrogen and oxygen atoms in total. The van der Waals surface area contributed by atoms with Crippen LogP contribution in [0.4, 0.5) is 0 Å². The van der Waals surface area contributed by atoms with Gasteiger partial charge in [0.2, 0.25) is 5.91 Å². The highest BCUT2D eigenvalue weighted by Crippen LogP contribution is 2.22. The van der Waals surface area contributed by atoms with Crippen LogP contribution in [-0.2, 0) is 22.6 Å². The lowest BCUT2D eigenvalue weighted by Crippen LogP contribution is -2.35. The minimum absolute atomic E-state index is 0.168. The summed E-state index contributed by atoms with van der Waals surface area (Å²) in [6, 6.07) is 8.56. The maximum absolute atomic E-state index is 12.3. The number of morpholine rings is 1. The SMILES string of the molecule is CC(CC(=O)NCc1cccc(CN2CCOCC2)c1)C1CCCNC1. The summed E-state index contributed by atoms with van der Waals surface area (Å²) >= 11 is 0. The second-order valence-electron chi connectivity index (χ2n) is 7.77. The molecule has 26 heavy (non-hydrogen) atoms. The highest BCUT2D eigenvalue weighted by atomic mass is 16.5. The number of rotatable bonds is 7. The van der Waals surface area contributed by atoms with Gasteiger partial charge >= 0.3 is 0 Å². The Labute approximate surface area is 157 Å². The quantitative estimate of drug-likeness (QED) is 0.783. The van der Waals surface area contributed by atoms with Crippen LogP contribution in [0.5, 0.6) is 0 Å². The lowest BCUT2D eigenvalue weighted by Gasteiger charge is -2.28. The molecule has 0 aromatic heterocycles. The Balaban J connectivity index is 1.43. The van der Waals surface area contributed by atoms with Gasteiger partial charge in [-0.1, -0.05) is 31.2 Å². The summed E-state index contributed by atoms with van der Waals surface area (Å²) in [5, 5.41) is 6.55. The van der Waals surface area contributed by atoms with Gasteiger partial charge in [-0.15, -0.1) is 0 Å². The van der Waals surface area contributed by atoms with Crippen molar-refractivity contribution in [1.82, 2.24) is 15.5 Å². The molecule has 1 amide bonds. The Morgan fingerprint density at radius 2 is 2.15 bits per heavy atom. The van der Waals surface area contributed by atoms with Gasteiger partial charge in [-0.3, -0.25) is 9.69 Å². The van der Waals surface area contributed by atoms with Gasteiger partial charge in [0.25, 0.3) is 0 Å². The van der Waals surface area contributed by atoms with Gasteiger partial charge in [-0.25, -0.2) is 0 Å². The van der Waals surface area contributed by atoms with E-state index in [1.165, 1.54) is 24.0 Å². The first-order chi connectivity index (χ1) is 12.7. The topological polar surface area (TPSA) is 53.6 Å². The third-order valence-corrected chi connectivity index (χ3v) is 5.64. The molecule has 2 N–H and O–H groups in total. The number of nitrogens with zero attached hydrogens (tertiary/aromatic N) is 1. The van der Waals surface area contributed by atoms with Crippen molar-refractivity contribution in [3.8, 4) is 0 Å². The second kappa shape index (κ2) is 10.0. The highest BCUT2D eigenvalue weighted by molar-refractivity contribution is 5.76. The fourth-order valence-electron chi connectivity index (χ4n) is 3.95. The molecule has 2 saturated heterocycles. The van der Waals surface area contributed by atoms with E-state index in [0.717, 1.165) is 45.9 Å². The molecule has 0 saturated carbocycles. The Hall–Kier alpha value is -1.43. The van der Waals surface area contributed by atoms with Crippen molar-refractivity contribution >= 4 is 5.91 Å². The average molecular weight is 360 g/mol. The lowest BCUT2D eigenvalue weighted by molar-refractivity contribution is -0.122. The van der Waals surface area contributed by atoms with Crippen molar-refractivity contribution in [3.05, 3.63) is 35.4 Å². The zero-order valence-electron chi connectivity index (χ0n) is 16.0. The maximum Gasteiger partial charge on any atom is 0.220 e. The molecule has 0 bridgehead atoms. The smallest absolute Gasteiger partial charge is 0.220 e. The number of hydrogen-bond acceptors (Lipinski definition) is 4.